The third-order valence-corrected chi connectivity index (χ3v) is 2.11. The highest BCUT2D eigenvalue weighted by molar-refractivity contribution is 5.76. The summed E-state index contributed by atoms with van der Waals surface area (Å²) < 4.78 is 0. The molecule has 0 aliphatic carbocycles. The summed E-state index contributed by atoms with van der Waals surface area (Å²) in [5.74, 6) is 0.141. The third kappa shape index (κ3) is 1.93. The predicted molar refractivity (Wildman–Crippen MR) is 42.1 cm³/mol. The molecule has 1 saturated heterocycles. The zero-order chi connectivity index (χ0) is 8.48. The minimum atomic E-state index is -0.648. The number of amides is 1. The van der Waals surface area contributed by atoms with Crippen molar-refractivity contribution in [2.24, 2.45) is 0 Å². The summed E-state index contributed by atoms with van der Waals surface area (Å²) in [4.78, 5) is 12.8. The molecule has 3 nitrogen and oxygen atoms in total. The molecule has 1 aliphatic rings. The Hall–Kier alpha value is -0.570. The lowest BCUT2D eigenvalue weighted by atomic mass is 10.1. The molecule has 1 fully saturated rings. The van der Waals surface area contributed by atoms with Crippen LogP contribution in [-0.2, 0) is 4.79 Å². The number of likely N-dealkylation sites (tertiary alicyclic amines) is 1. The first-order valence-electron chi connectivity index (χ1n) is 4.05. The maximum Gasteiger partial charge on any atom is 0.222 e. The molecule has 1 amide bonds. The average molecular weight is 157 g/mol. The van der Waals surface area contributed by atoms with E-state index in [4.69, 9.17) is 0 Å². The molecule has 1 unspecified atom stereocenters. The van der Waals surface area contributed by atoms with Gasteiger partial charge in [0.2, 0.25) is 5.91 Å². The Morgan fingerprint density at radius 1 is 1.73 bits per heavy atom. The van der Waals surface area contributed by atoms with Crippen LogP contribution in [0.15, 0.2) is 0 Å². The Kier molecular flexibility index (Phi) is 2.18. The Balaban J connectivity index is 2.48. The van der Waals surface area contributed by atoms with E-state index in [9.17, 15) is 9.90 Å². The highest BCUT2D eigenvalue weighted by Crippen LogP contribution is 2.20. The number of nitrogens with zero attached hydrogens (tertiary/aromatic N) is 1. The fraction of sp³-hybridized carbons (Fsp3) is 0.875. The first-order valence-corrected chi connectivity index (χ1v) is 4.05. The van der Waals surface area contributed by atoms with Crippen LogP contribution in [0.1, 0.15) is 26.7 Å². The molecule has 3 heteroatoms. The van der Waals surface area contributed by atoms with Gasteiger partial charge in [0.25, 0.3) is 0 Å². The summed E-state index contributed by atoms with van der Waals surface area (Å²) in [6.07, 6.45) is 1.24. The molecular weight excluding hydrogens is 142 g/mol. The summed E-state index contributed by atoms with van der Waals surface area (Å²) in [6, 6.07) is 0. The lowest BCUT2D eigenvalue weighted by Gasteiger charge is -2.18. The van der Waals surface area contributed by atoms with Gasteiger partial charge in [-0.1, -0.05) is 6.92 Å². The maximum atomic E-state index is 11.1. The first-order chi connectivity index (χ1) is 5.05. The van der Waals surface area contributed by atoms with Gasteiger partial charge in [-0.15, -0.1) is 0 Å². The minimum absolute atomic E-state index is 0.141. The summed E-state index contributed by atoms with van der Waals surface area (Å²) in [5, 5.41) is 9.52. The van der Waals surface area contributed by atoms with Crippen LogP contribution in [-0.4, -0.2) is 34.6 Å². The van der Waals surface area contributed by atoms with Crippen molar-refractivity contribution < 1.29 is 9.90 Å². The maximum absolute atomic E-state index is 11.1. The van der Waals surface area contributed by atoms with Crippen LogP contribution in [0.3, 0.4) is 0 Å². The number of carbonyl (C=O) groups is 1. The van der Waals surface area contributed by atoms with Crippen molar-refractivity contribution in [2.75, 3.05) is 13.1 Å². The van der Waals surface area contributed by atoms with E-state index >= 15 is 0 Å². The molecule has 64 valence electrons. The Morgan fingerprint density at radius 3 is 2.73 bits per heavy atom. The topological polar surface area (TPSA) is 40.5 Å². The summed E-state index contributed by atoms with van der Waals surface area (Å²) in [6.45, 7) is 4.82. The highest BCUT2D eigenvalue weighted by Gasteiger charge is 2.32. The standard InChI is InChI=1S/C8H15NO2/c1-3-7(10)9-5-4-8(2,11)6-9/h11H,3-6H2,1-2H3. The van der Waals surface area contributed by atoms with Crippen molar-refractivity contribution in [3.05, 3.63) is 0 Å². The zero-order valence-electron chi connectivity index (χ0n) is 7.13. The third-order valence-electron chi connectivity index (χ3n) is 2.11. The van der Waals surface area contributed by atoms with E-state index in [1.807, 2.05) is 6.92 Å². The Bertz CT molecular complexity index is 165. The van der Waals surface area contributed by atoms with Crippen LogP contribution in [0.4, 0.5) is 0 Å². The molecule has 11 heavy (non-hydrogen) atoms. The number of carbonyl (C=O) groups excluding carboxylic acids is 1. The molecule has 0 aromatic rings. The van der Waals surface area contributed by atoms with E-state index in [2.05, 4.69) is 0 Å². The fourth-order valence-corrected chi connectivity index (χ4v) is 1.38. The molecule has 0 radical (unpaired) electrons. The number of hydrogen-bond donors (Lipinski definition) is 1. The van der Waals surface area contributed by atoms with Gasteiger partial charge in [-0.05, 0) is 13.3 Å². The lowest BCUT2D eigenvalue weighted by Crippen LogP contribution is -2.33. The first kappa shape index (κ1) is 8.53. The van der Waals surface area contributed by atoms with E-state index in [0.717, 1.165) is 0 Å². The number of rotatable bonds is 1. The van der Waals surface area contributed by atoms with Crippen LogP contribution in [0, 0.1) is 0 Å². The van der Waals surface area contributed by atoms with Crippen LogP contribution in [0.25, 0.3) is 0 Å². The smallest absolute Gasteiger partial charge is 0.222 e. The molecule has 1 atom stereocenters. The summed E-state index contributed by atoms with van der Waals surface area (Å²) in [5.41, 5.74) is -0.648. The SMILES string of the molecule is CCC(=O)N1CCC(C)(O)C1. The molecule has 0 saturated carbocycles. The molecule has 0 aromatic heterocycles. The molecule has 1 heterocycles. The van der Waals surface area contributed by atoms with Crippen LogP contribution in [0.5, 0.6) is 0 Å². The molecule has 1 rings (SSSR count). The van der Waals surface area contributed by atoms with Crippen molar-refractivity contribution in [2.45, 2.75) is 32.3 Å². The van der Waals surface area contributed by atoms with Crippen LogP contribution < -0.4 is 0 Å². The number of β-amino-alcohol motifs (C(OH)–C–C–N with tert-alkyl or cyclic N) is 1. The molecule has 1 N–H and O–H groups in total. The van der Waals surface area contributed by atoms with Gasteiger partial charge in [0.1, 0.15) is 0 Å². The van der Waals surface area contributed by atoms with Gasteiger partial charge in [0.15, 0.2) is 0 Å². The largest absolute Gasteiger partial charge is 0.388 e. The second-order valence-electron chi connectivity index (χ2n) is 3.42. The van der Waals surface area contributed by atoms with Gasteiger partial charge in [-0.2, -0.15) is 0 Å². The van der Waals surface area contributed by atoms with Gasteiger partial charge in [-0.25, -0.2) is 0 Å². The monoisotopic (exact) mass is 157 g/mol. The van der Waals surface area contributed by atoms with Crippen LogP contribution in [0.2, 0.25) is 0 Å². The number of hydrogen-bond acceptors (Lipinski definition) is 2. The second-order valence-corrected chi connectivity index (χ2v) is 3.42. The summed E-state index contributed by atoms with van der Waals surface area (Å²) >= 11 is 0. The van der Waals surface area contributed by atoms with E-state index in [1.165, 1.54) is 0 Å². The second kappa shape index (κ2) is 2.81. The van der Waals surface area contributed by atoms with Crippen molar-refractivity contribution in [3.63, 3.8) is 0 Å². The number of aliphatic hydroxyl groups is 1. The van der Waals surface area contributed by atoms with Gasteiger partial charge in [0, 0.05) is 19.5 Å². The molecular formula is C8H15NO2. The van der Waals surface area contributed by atoms with Crippen molar-refractivity contribution in [1.82, 2.24) is 4.90 Å². The van der Waals surface area contributed by atoms with Gasteiger partial charge < -0.3 is 10.0 Å². The normalized spacial score (nSPS) is 31.0. The predicted octanol–water partition coefficient (Wildman–Crippen LogP) is 0.380. The van der Waals surface area contributed by atoms with Crippen molar-refractivity contribution >= 4 is 5.91 Å². The molecule has 0 spiro atoms. The van der Waals surface area contributed by atoms with Gasteiger partial charge in [-0.3, -0.25) is 4.79 Å². The summed E-state index contributed by atoms with van der Waals surface area (Å²) in [7, 11) is 0. The molecule has 0 aromatic carbocycles. The Morgan fingerprint density at radius 2 is 2.36 bits per heavy atom. The van der Waals surface area contributed by atoms with E-state index < -0.39 is 5.60 Å². The van der Waals surface area contributed by atoms with Crippen molar-refractivity contribution in [3.8, 4) is 0 Å². The van der Waals surface area contributed by atoms with E-state index in [1.54, 1.807) is 11.8 Å². The Labute approximate surface area is 67.0 Å². The molecule has 1 aliphatic heterocycles. The lowest BCUT2D eigenvalue weighted by molar-refractivity contribution is -0.130. The molecule has 0 bridgehead atoms. The zero-order valence-corrected chi connectivity index (χ0v) is 7.13. The van der Waals surface area contributed by atoms with Gasteiger partial charge >= 0.3 is 0 Å². The van der Waals surface area contributed by atoms with Crippen molar-refractivity contribution in [1.29, 1.82) is 0 Å². The van der Waals surface area contributed by atoms with Gasteiger partial charge in [0.05, 0.1) is 5.60 Å². The quantitative estimate of drug-likeness (QED) is 0.597. The average Bonchev–Trinajstić information content (AvgIpc) is 2.29. The van der Waals surface area contributed by atoms with Crippen LogP contribution >= 0.6 is 0 Å². The van der Waals surface area contributed by atoms with E-state index in [0.29, 0.717) is 25.9 Å². The minimum Gasteiger partial charge on any atom is -0.388 e. The fourth-order valence-electron chi connectivity index (χ4n) is 1.38. The highest BCUT2D eigenvalue weighted by atomic mass is 16.3. The van der Waals surface area contributed by atoms with E-state index in [-0.39, 0.29) is 5.91 Å².